The van der Waals surface area contributed by atoms with E-state index in [1.54, 1.807) is 0 Å². The lowest BCUT2D eigenvalue weighted by Crippen LogP contribution is -2.07. The molecular weight excluding hydrogens is 188 g/mol. The molecule has 0 saturated heterocycles. The minimum atomic E-state index is -4.09. The predicted molar refractivity (Wildman–Crippen MR) is 41.0 cm³/mol. The van der Waals surface area contributed by atoms with E-state index in [0.717, 1.165) is 0 Å². The Hall–Kier alpha value is -0.320. The van der Waals surface area contributed by atoms with Crippen LogP contribution in [0.1, 0.15) is 32.1 Å². The highest BCUT2D eigenvalue weighted by Crippen LogP contribution is 2.23. The minimum absolute atomic E-state index is 0.0694. The molecule has 5 heteroatoms. The monoisotopic (exact) mass is 202 g/mol. The maximum absolute atomic E-state index is 12.3. The molecule has 0 fully saturated rings. The largest absolute Gasteiger partial charge is 0.389 e. The molecule has 0 bridgehead atoms. The lowest BCUT2D eigenvalue weighted by atomic mass is 10.1. The summed E-state index contributed by atoms with van der Waals surface area (Å²) in [6.45, 7) is 0. The summed E-state index contributed by atoms with van der Waals surface area (Å²) in [5.41, 5.74) is 0. The van der Waals surface area contributed by atoms with E-state index in [2.05, 4.69) is 4.74 Å². The Bertz CT molecular complexity index is 124. The highest BCUT2D eigenvalue weighted by Gasteiger charge is 2.25. The second-order valence-corrected chi connectivity index (χ2v) is 2.86. The normalized spacial score (nSPS) is 14.5. The molecule has 13 heavy (non-hydrogen) atoms. The first-order valence-corrected chi connectivity index (χ1v) is 4.19. The van der Waals surface area contributed by atoms with E-state index in [-0.39, 0.29) is 12.8 Å². The van der Waals surface area contributed by atoms with Gasteiger partial charge in [0, 0.05) is 20.0 Å². The summed E-state index contributed by atoms with van der Waals surface area (Å²) in [5.74, 6) is 0. The van der Waals surface area contributed by atoms with Crippen LogP contribution in [0.5, 0.6) is 0 Å². The van der Waals surface area contributed by atoms with Gasteiger partial charge in [-0.3, -0.25) is 0 Å². The SMILES string of the molecule is COC(F)CCCCCC(F)(F)F. The highest BCUT2D eigenvalue weighted by atomic mass is 19.4. The van der Waals surface area contributed by atoms with Crippen molar-refractivity contribution in [2.75, 3.05) is 7.11 Å². The van der Waals surface area contributed by atoms with Crippen molar-refractivity contribution < 1.29 is 22.3 Å². The van der Waals surface area contributed by atoms with Crippen LogP contribution in [0.2, 0.25) is 0 Å². The van der Waals surface area contributed by atoms with Gasteiger partial charge in [0.05, 0.1) is 0 Å². The van der Waals surface area contributed by atoms with Gasteiger partial charge in [-0.1, -0.05) is 6.42 Å². The van der Waals surface area contributed by atoms with Crippen molar-refractivity contribution in [1.82, 2.24) is 0 Å². The highest BCUT2D eigenvalue weighted by molar-refractivity contribution is 4.52. The zero-order valence-electron chi connectivity index (χ0n) is 7.53. The van der Waals surface area contributed by atoms with Crippen LogP contribution in [0.15, 0.2) is 0 Å². The molecule has 0 aromatic rings. The first-order chi connectivity index (χ1) is 5.95. The van der Waals surface area contributed by atoms with Gasteiger partial charge >= 0.3 is 6.18 Å². The van der Waals surface area contributed by atoms with Crippen LogP contribution >= 0.6 is 0 Å². The van der Waals surface area contributed by atoms with Crippen LogP contribution in [0.4, 0.5) is 17.6 Å². The van der Waals surface area contributed by atoms with Crippen LogP contribution in [-0.2, 0) is 4.74 Å². The van der Waals surface area contributed by atoms with Gasteiger partial charge in [0.25, 0.3) is 0 Å². The van der Waals surface area contributed by atoms with Crippen molar-refractivity contribution >= 4 is 0 Å². The van der Waals surface area contributed by atoms with Gasteiger partial charge in [0.1, 0.15) is 0 Å². The first-order valence-electron chi connectivity index (χ1n) is 4.19. The Morgan fingerprint density at radius 2 is 1.77 bits per heavy atom. The zero-order valence-corrected chi connectivity index (χ0v) is 7.53. The molecule has 0 aliphatic carbocycles. The molecule has 1 nitrogen and oxygen atoms in total. The lowest BCUT2D eigenvalue weighted by molar-refractivity contribution is -0.135. The topological polar surface area (TPSA) is 9.23 Å². The second-order valence-electron chi connectivity index (χ2n) is 2.86. The van der Waals surface area contributed by atoms with Crippen molar-refractivity contribution in [3.05, 3.63) is 0 Å². The minimum Gasteiger partial charge on any atom is -0.351 e. The number of methoxy groups -OCH3 is 1. The van der Waals surface area contributed by atoms with Crippen LogP contribution in [0, 0.1) is 0 Å². The van der Waals surface area contributed by atoms with Crippen LogP contribution in [0.3, 0.4) is 0 Å². The van der Waals surface area contributed by atoms with E-state index in [9.17, 15) is 17.6 Å². The summed E-state index contributed by atoms with van der Waals surface area (Å²) < 4.78 is 51.5. The van der Waals surface area contributed by atoms with Crippen molar-refractivity contribution in [1.29, 1.82) is 0 Å². The fourth-order valence-corrected chi connectivity index (χ4v) is 0.925. The first kappa shape index (κ1) is 12.7. The third-order valence-electron chi connectivity index (χ3n) is 1.65. The maximum Gasteiger partial charge on any atom is 0.389 e. The zero-order chi connectivity index (χ0) is 10.3. The van der Waals surface area contributed by atoms with Crippen molar-refractivity contribution in [3.63, 3.8) is 0 Å². The Labute approximate surface area is 75.1 Å². The van der Waals surface area contributed by atoms with E-state index in [4.69, 9.17) is 0 Å². The molecule has 0 aliphatic rings. The molecule has 0 saturated carbocycles. The van der Waals surface area contributed by atoms with Gasteiger partial charge in [-0.05, 0) is 12.8 Å². The third kappa shape index (κ3) is 9.60. The van der Waals surface area contributed by atoms with Crippen LogP contribution < -0.4 is 0 Å². The molecular formula is C8H14F4O. The number of hydrogen-bond acceptors (Lipinski definition) is 1. The molecule has 0 spiro atoms. The van der Waals surface area contributed by atoms with Gasteiger partial charge < -0.3 is 4.74 Å². The molecule has 1 atom stereocenters. The van der Waals surface area contributed by atoms with Gasteiger partial charge in [-0.15, -0.1) is 0 Å². The van der Waals surface area contributed by atoms with Gasteiger partial charge in [0.2, 0.25) is 0 Å². The maximum atomic E-state index is 12.3. The van der Waals surface area contributed by atoms with Gasteiger partial charge in [0.15, 0.2) is 6.36 Å². The summed E-state index contributed by atoms with van der Waals surface area (Å²) in [7, 11) is 1.24. The summed E-state index contributed by atoms with van der Waals surface area (Å²) in [6.07, 6.45) is -5.14. The van der Waals surface area contributed by atoms with E-state index in [1.807, 2.05) is 0 Å². The smallest absolute Gasteiger partial charge is 0.351 e. The third-order valence-corrected chi connectivity index (χ3v) is 1.65. The Morgan fingerprint density at radius 1 is 1.15 bits per heavy atom. The fourth-order valence-electron chi connectivity index (χ4n) is 0.925. The molecule has 80 valence electrons. The Balaban J connectivity index is 3.18. The van der Waals surface area contributed by atoms with E-state index >= 15 is 0 Å². The van der Waals surface area contributed by atoms with Crippen LogP contribution in [0.25, 0.3) is 0 Å². The molecule has 0 radical (unpaired) electrons. The van der Waals surface area contributed by atoms with E-state index in [1.165, 1.54) is 7.11 Å². The van der Waals surface area contributed by atoms with Crippen molar-refractivity contribution in [3.8, 4) is 0 Å². The molecule has 0 aliphatic heterocycles. The number of ether oxygens (including phenoxy) is 1. The van der Waals surface area contributed by atoms with Gasteiger partial charge in [-0.2, -0.15) is 13.2 Å². The number of alkyl halides is 4. The fraction of sp³-hybridized carbons (Fsp3) is 1.00. The van der Waals surface area contributed by atoms with E-state index < -0.39 is 19.0 Å². The van der Waals surface area contributed by atoms with Crippen molar-refractivity contribution in [2.45, 2.75) is 44.6 Å². The second kappa shape index (κ2) is 6.18. The molecule has 0 aromatic carbocycles. The molecule has 0 rings (SSSR count). The summed E-state index contributed by atoms with van der Waals surface area (Å²) in [4.78, 5) is 0. The average molecular weight is 202 g/mol. The Kier molecular flexibility index (Phi) is 6.03. The molecule has 0 amide bonds. The van der Waals surface area contributed by atoms with Gasteiger partial charge in [-0.25, -0.2) is 4.39 Å². The molecule has 0 aromatic heterocycles. The number of halogens is 4. The summed E-state index contributed by atoms with van der Waals surface area (Å²) in [5, 5.41) is 0. The van der Waals surface area contributed by atoms with Crippen molar-refractivity contribution in [2.24, 2.45) is 0 Å². The summed E-state index contributed by atoms with van der Waals surface area (Å²) in [6, 6.07) is 0. The quantitative estimate of drug-likeness (QED) is 0.473. The molecule has 1 unspecified atom stereocenters. The lowest BCUT2D eigenvalue weighted by Gasteiger charge is -2.07. The standard InChI is InChI=1S/C8H14F4O/c1-13-7(9)5-3-2-4-6-8(10,11)12/h7H,2-6H2,1H3. The van der Waals surface area contributed by atoms with E-state index in [0.29, 0.717) is 12.8 Å². The molecule has 0 heterocycles. The molecule has 0 N–H and O–H groups in total. The average Bonchev–Trinajstić information content (AvgIpc) is 2.01. The number of rotatable bonds is 6. The Morgan fingerprint density at radius 3 is 2.23 bits per heavy atom. The number of hydrogen-bond donors (Lipinski definition) is 0. The van der Waals surface area contributed by atoms with Crippen LogP contribution in [-0.4, -0.2) is 19.6 Å². The summed E-state index contributed by atoms with van der Waals surface area (Å²) >= 11 is 0. The number of unbranched alkanes of at least 4 members (excludes halogenated alkanes) is 2. The predicted octanol–water partition coefficient (Wildman–Crippen LogP) is 3.44.